The maximum Gasteiger partial charge on any atom is 0.168 e. The van der Waals surface area contributed by atoms with E-state index in [2.05, 4.69) is 23.4 Å². The van der Waals surface area contributed by atoms with Crippen LogP contribution in [0.3, 0.4) is 0 Å². The molecule has 2 aliphatic rings. The highest BCUT2D eigenvalue weighted by Gasteiger charge is 2.33. The first-order valence-electron chi connectivity index (χ1n) is 8.58. The van der Waals surface area contributed by atoms with Gasteiger partial charge in [-0.05, 0) is 42.9 Å². The highest BCUT2D eigenvalue weighted by molar-refractivity contribution is 7.99. The van der Waals surface area contributed by atoms with Crippen LogP contribution in [0.5, 0.6) is 0 Å². The molecule has 1 aliphatic heterocycles. The van der Waals surface area contributed by atoms with E-state index in [9.17, 15) is 5.11 Å². The lowest BCUT2D eigenvalue weighted by molar-refractivity contribution is -0.0183. The molecule has 1 heterocycles. The van der Waals surface area contributed by atoms with Gasteiger partial charge in [-0.3, -0.25) is 4.99 Å². The molecule has 5 heteroatoms. The van der Waals surface area contributed by atoms with Crippen molar-refractivity contribution in [2.45, 2.75) is 49.6 Å². The van der Waals surface area contributed by atoms with Gasteiger partial charge in [0.2, 0.25) is 0 Å². The zero-order valence-corrected chi connectivity index (χ0v) is 15.7. The summed E-state index contributed by atoms with van der Waals surface area (Å²) in [7, 11) is 0. The quantitative estimate of drug-likeness (QED) is 0.835. The van der Waals surface area contributed by atoms with Crippen LogP contribution < -0.4 is 0 Å². The third kappa shape index (κ3) is 4.56. The molecular formula is C19H25ClN2OS. The molecule has 1 saturated carbocycles. The van der Waals surface area contributed by atoms with E-state index in [0.717, 1.165) is 42.8 Å². The van der Waals surface area contributed by atoms with Gasteiger partial charge in [0, 0.05) is 29.9 Å². The first-order chi connectivity index (χ1) is 11.6. The van der Waals surface area contributed by atoms with Crippen molar-refractivity contribution in [1.29, 1.82) is 0 Å². The number of aliphatic hydroxyl groups is 1. The van der Waals surface area contributed by atoms with E-state index < -0.39 is 5.60 Å². The lowest BCUT2D eigenvalue weighted by Crippen LogP contribution is -2.46. The van der Waals surface area contributed by atoms with E-state index in [1.807, 2.05) is 24.3 Å². The number of nitrogens with zero attached hydrogens (tertiary/aromatic N) is 2. The van der Waals surface area contributed by atoms with Gasteiger partial charge < -0.3 is 10.0 Å². The van der Waals surface area contributed by atoms with E-state index in [-0.39, 0.29) is 5.50 Å². The third-order valence-corrected chi connectivity index (χ3v) is 5.84. The predicted octanol–water partition coefficient (Wildman–Crippen LogP) is 4.49. The fourth-order valence-electron chi connectivity index (χ4n) is 3.46. The Morgan fingerprint density at radius 1 is 1.25 bits per heavy atom. The topological polar surface area (TPSA) is 35.8 Å². The third-order valence-electron chi connectivity index (χ3n) is 4.79. The smallest absolute Gasteiger partial charge is 0.168 e. The molecule has 1 unspecified atom stereocenters. The van der Waals surface area contributed by atoms with E-state index in [4.69, 9.17) is 16.6 Å². The van der Waals surface area contributed by atoms with E-state index in [1.165, 1.54) is 12.0 Å². The Morgan fingerprint density at radius 3 is 2.62 bits per heavy atom. The number of hydrogen-bond acceptors (Lipinski definition) is 4. The number of benzene rings is 1. The molecular weight excluding hydrogens is 340 g/mol. The second-order valence-electron chi connectivity index (χ2n) is 6.76. The highest BCUT2D eigenvalue weighted by atomic mass is 35.5. The Bertz CT molecular complexity index is 608. The van der Waals surface area contributed by atoms with Crippen molar-refractivity contribution in [3.8, 4) is 0 Å². The molecule has 3 rings (SSSR count). The second kappa shape index (κ2) is 7.94. The second-order valence-corrected chi connectivity index (χ2v) is 8.09. The van der Waals surface area contributed by atoms with Crippen LogP contribution in [0.15, 0.2) is 41.5 Å². The molecule has 1 aliphatic carbocycles. The van der Waals surface area contributed by atoms with E-state index in [0.29, 0.717) is 6.54 Å². The molecule has 1 atom stereocenters. The highest BCUT2D eigenvalue weighted by Crippen LogP contribution is 2.31. The van der Waals surface area contributed by atoms with E-state index in [1.54, 1.807) is 11.8 Å². The van der Waals surface area contributed by atoms with Crippen LogP contribution in [0.1, 0.15) is 37.7 Å². The normalized spacial score (nSPS) is 23.2. The molecule has 24 heavy (non-hydrogen) atoms. The number of β-amino-alcohol motifs (C(OH)–C–C–N with tert-alkyl or cyclic N) is 1. The molecule has 0 bridgehead atoms. The summed E-state index contributed by atoms with van der Waals surface area (Å²) in [5.74, 6) is 0. The van der Waals surface area contributed by atoms with Crippen LogP contribution in [0.4, 0.5) is 0 Å². The van der Waals surface area contributed by atoms with Gasteiger partial charge in [0.05, 0.1) is 5.60 Å². The van der Waals surface area contributed by atoms with Crippen LogP contribution in [0.25, 0.3) is 0 Å². The molecule has 1 fully saturated rings. The first-order valence-corrected chi connectivity index (χ1v) is 10.2. The first kappa shape index (κ1) is 17.8. The monoisotopic (exact) mass is 364 g/mol. The SMILES string of the molecule is CSC1N=C(Cc2ccc(Cl)cc2)C=CN1CC1(O)CCCCC1. The van der Waals surface area contributed by atoms with E-state index >= 15 is 0 Å². The fraction of sp³-hybridized carbons (Fsp3) is 0.526. The van der Waals surface area contributed by atoms with Crippen molar-refractivity contribution in [3.63, 3.8) is 0 Å². The summed E-state index contributed by atoms with van der Waals surface area (Å²) >= 11 is 7.66. The summed E-state index contributed by atoms with van der Waals surface area (Å²) in [5, 5.41) is 11.6. The minimum absolute atomic E-state index is 0.0447. The van der Waals surface area contributed by atoms with Crippen LogP contribution in [0, 0.1) is 0 Å². The zero-order chi connectivity index (χ0) is 17.0. The number of halogens is 1. The molecule has 130 valence electrons. The molecule has 1 aromatic carbocycles. The van der Waals surface area contributed by atoms with Gasteiger partial charge in [0.15, 0.2) is 5.50 Å². The zero-order valence-electron chi connectivity index (χ0n) is 14.1. The van der Waals surface area contributed by atoms with Crippen molar-refractivity contribution in [3.05, 3.63) is 47.1 Å². The Balaban J connectivity index is 1.65. The number of aliphatic imine (C=N–C) groups is 1. The van der Waals surface area contributed by atoms with Crippen LogP contribution in [-0.2, 0) is 6.42 Å². The Morgan fingerprint density at radius 2 is 1.96 bits per heavy atom. The minimum Gasteiger partial charge on any atom is -0.388 e. The number of allylic oxidation sites excluding steroid dienone is 1. The fourth-order valence-corrected chi connectivity index (χ4v) is 4.24. The van der Waals surface area contributed by atoms with Gasteiger partial charge in [-0.2, -0.15) is 0 Å². The van der Waals surface area contributed by atoms with Gasteiger partial charge in [0.1, 0.15) is 0 Å². The van der Waals surface area contributed by atoms with Gasteiger partial charge >= 0.3 is 0 Å². The standard InChI is InChI=1S/C19H25ClN2OS/c1-24-18-21-17(13-15-5-7-16(20)8-6-15)9-12-22(18)14-19(23)10-3-2-4-11-19/h5-9,12,18,23H,2-4,10-11,13-14H2,1H3. The molecule has 0 radical (unpaired) electrons. The van der Waals surface area contributed by atoms with Gasteiger partial charge in [0.25, 0.3) is 0 Å². The van der Waals surface area contributed by atoms with Crippen LogP contribution in [-0.4, -0.2) is 39.6 Å². The number of thioether (sulfide) groups is 1. The van der Waals surface area contributed by atoms with Crippen molar-refractivity contribution in [1.82, 2.24) is 4.90 Å². The Hall–Kier alpha value is -0.970. The summed E-state index contributed by atoms with van der Waals surface area (Å²) in [5.41, 5.74) is 1.77. The van der Waals surface area contributed by atoms with Crippen molar-refractivity contribution < 1.29 is 5.11 Å². The van der Waals surface area contributed by atoms with Crippen molar-refractivity contribution in [2.75, 3.05) is 12.8 Å². The molecule has 0 aromatic heterocycles. The van der Waals surface area contributed by atoms with Crippen LogP contribution in [0.2, 0.25) is 5.02 Å². The predicted molar refractivity (Wildman–Crippen MR) is 104 cm³/mol. The summed E-state index contributed by atoms with van der Waals surface area (Å²) < 4.78 is 0. The Labute approximate surface area is 153 Å². The molecule has 0 spiro atoms. The average Bonchev–Trinajstić information content (AvgIpc) is 2.58. The van der Waals surface area contributed by atoms with Gasteiger partial charge in [-0.25, -0.2) is 0 Å². The lowest BCUT2D eigenvalue weighted by atomic mass is 9.84. The Kier molecular flexibility index (Phi) is 5.90. The van der Waals surface area contributed by atoms with Gasteiger partial charge in [-0.1, -0.05) is 43.0 Å². The molecule has 1 aromatic rings. The van der Waals surface area contributed by atoms with Crippen LogP contribution >= 0.6 is 23.4 Å². The van der Waals surface area contributed by atoms with Gasteiger partial charge in [-0.15, -0.1) is 11.8 Å². The summed E-state index contributed by atoms with van der Waals surface area (Å²) in [6, 6.07) is 7.93. The maximum atomic E-state index is 10.8. The molecule has 1 N–H and O–H groups in total. The largest absolute Gasteiger partial charge is 0.388 e. The average molecular weight is 365 g/mol. The number of rotatable bonds is 5. The summed E-state index contributed by atoms with van der Waals surface area (Å²) in [4.78, 5) is 7.05. The summed E-state index contributed by atoms with van der Waals surface area (Å²) in [6.45, 7) is 0.673. The maximum absolute atomic E-state index is 10.8. The lowest BCUT2D eigenvalue weighted by Gasteiger charge is -2.39. The van der Waals surface area contributed by atoms with Crippen molar-refractivity contribution in [2.24, 2.45) is 4.99 Å². The molecule has 0 amide bonds. The molecule has 0 saturated heterocycles. The minimum atomic E-state index is -0.556. The number of hydrogen-bond donors (Lipinski definition) is 1. The molecule has 3 nitrogen and oxygen atoms in total. The van der Waals surface area contributed by atoms with Crippen molar-refractivity contribution >= 4 is 29.1 Å². The summed E-state index contributed by atoms with van der Waals surface area (Å²) in [6.07, 6.45) is 12.4.